The average Bonchev–Trinajstić information content (AvgIpc) is 3.54. The van der Waals surface area contributed by atoms with Gasteiger partial charge in [-0.3, -0.25) is 0 Å². The maximum Gasteiger partial charge on any atom is 0.132 e. The minimum atomic E-state index is -1.12. The largest absolute Gasteiger partial charge is 0.379 e. The fourth-order valence-corrected chi connectivity index (χ4v) is 5.95. The maximum absolute atomic E-state index is 12.4. The van der Waals surface area contributed by atoms with Gasteiger partial charge in [0.15, 0.2) is 0 Å². The van der Waals surface area contributed by atoms with Gasteiger partial charge in [0.25, 0.3) is 0 Å². The Bertz CT molecular complexity index is 1360. The third-order valence-corrected chi connectivity index (χ3v) is 7.59. The van der Waals surface area contributed by atoms with Gasteiger partial charge >= 0.3 is 0 Å². The van der Waals surface area contributed by atoms with E-state index in [9.17, 15) is 5.11 Å². The number of hydrogen-bond acceptors (Lipinski definition) is 2. The summed E-state index contributed by atoms with van der Waals surface area (Å²) in [5.41, 5.74) is 5.77. The van der Waals surface area contributed by atoms with Gasteiger partial charge in [-0.25, -0.2) is 4.98 Å². The molecule has 3 nitrogen and oxygen atoms in total. The van der Waals surface area contributed by atoms with Gasteiger partial charge in [-0.2, -0.15) is 0 Å². The van der Waals surface area contributed by atoms with Gasteiger partial charge in [-0.15, -0.1) is 0 Å². The Hall–Kier alpha value is -3.95. The highest BCUT2D eigenvalue weighted by molar-refractivity contribution is 5.53. The number of nitrogens with zero attached hydrogens (tertiary/aromatic N) is 2. The van der Waals surface area contributed by atoms with Gasteiger partial charge in [0.2, 0.25) is 0 Å². The Kier molecular flexibility index (Phi) is 5.16. The van der Waals surface area contributed by atoms with Crippen LogP contribution in [0, 0.1) is 6.92 Å². The highest BCUT2D eigenvalue weighted by Gasteiger charge is 2.46. The summed E-state index contributed by atoms with van der Waals surface area (Å²) in [6.45, 7) is 2.13. The fraction of sp³-hybridized carbons (Fsp3) is 0.156. The van der Waals surface area contributed by atoms with E-state index in [4.69, 9.17) is 0 Å². The number of hydrogen-bond donors (Lipinski definition) is 1. The van der Waals surface area contributed by atoms with Crippen molar-refractivity contribution >= 4 is 0 Å². The summed E-state index contributed by atoms with van der Waals surface area (Å²) in [6.07, 6.45) is 5.21. The van der Waals surface area contributed by atoms with E-state index in [-0.39, 0.29) is 0 Å². The molecule has 172 valence electrons. The fourth-order valence-electron chi connectivity index (χ4n) is 5.95. The van der Waals surface area contributed by atoms with Crippen LogP contribution in [-0.2, 0) is 17.6 Å². The van der Waals surface area contributed by atoms with Crippen molar-refractivity contribution in [2.75, 3.05) is 0 Å². The van der Waals surface area contributed by atoms with E-state index in [1.807, 2.05) is 36.8 Å². The Labute approximate surface area is 206 Å². The van der Waals surface area contributed by atoms with Gasteiger partial charge in [0, 0.05) is 0 Å². The summed E-state index contributed by atoms with van der Waals surface area (Å²) in [4.78, 5) is 4.65. The Balaban J connectivity index is 1.70. The van der Waals surface area contributed by atoms with E-state index >= 15 is 0 Å². The van der Waals surface area contributed by atoms with Crippen molar-refractivity contribution in [1.29, 1.82) is 0 Å². The average molecular weight is 457 g/mol. The quantitative estimate of drug-likeness (QED) is 0.319. The minimum absolute atomic E-state index is 0.632. The third kappa shape index (κ3) is 3.19. The highest BCUT2D eigenvalue weighted by Crippen LogP contribution is 2.48. The van der Waals surface area contributed by atoms with Crippen molar-refractivity contribution in [2.45, 2.75) is 30.9 Å². The third-order valence-electron chi connectivity index (χ3n) is 7.59. The van der Waals surface area contributed by atoms with Crippen LogP contribution in [0.25, 0.3) is 0 Å². The van der Waals surface area contributed by atoms with Crippen molar-refractivity contribution in [1.82, 2.24) is 9.55 Å². The van der Waals surface area contributed by atoms with Gasteiger partial charge < -0.3 is 9.67 Å². The normalized spacial score (nSPS) is 17.3. The molecule has 0 saturated heterocycles. The summed E-state index contributed by atoms with van der Waals surface area (Å²) in [6, 6.07) is 37.9. The molecule has 4 aromatic carbocycles. The van der Waals surface area contributed by atoms with Gasteiger partial charge in [0.05, 0.1) is 18.2 Å². The van der Waals surface area contributed by atoms with Crippen LogP contribution in [0.4, 0.5) is 0 Å². The number of aryl methyl sites for hydroxylation is 1. The molecule has 1 aliphatic rings. The first kappa shape index (κ1) is 21.6. The second-order valence-corrected chi connectivity index (χ2v) is 9.42. The molecule has 6 rings (SSSR count). The summed E-state index contributed by atoms with van der Waals surface area (Å²) in [5.74, 6) is 0. The van der Waals surface area contributed by atoms with Crippen LogP contribution in [0.2, 0.25) is 0 Å². The molecule has 3 heteroatoms. The van der Waals surface area contributed by atoms with E-state index in [0.717, 1.165) is 34.4 Å². The van der Waals surface area contributed by atoms with E-state index in [2.05, 4.69) is 101 Å². The van der Waals surface area contributed by atoms with Crippen LogP contribution in [0.3, 0.4) is 0 Å². The molecule has 1 aliphatic carbocycles. The molecule has 1 N–H and O–H groups in total. The molecular weight excluding hydrogens is 428 g/mol. The molecular formula is C32H28N2O. The lowest BCUT2D eigenvalue weighted by Crippen LogP contribution is -2.41. The Morgan fingerprint density at radius 2 is 1.29 bits per heavy atom. The van der Waals surface area contributed by atoms with E-state index < -0.39 is 11.1 Å². The summed E-state index contributed by atoms with van der Waals surface area (Å²) in [5, 5.41) is 12.4. The lowest BCUT2D eigenvalue weighted by atomic mass is 9.76. The zero-order valence-electron chi connectivity index (χ0n) is 19.8. The lowest BCUT2D eigenvalue weighted by Gasteiger charge is -2.40. The van der Waals surface area contributed by atoms with E-state index in [1.54, 1.807) is 0 Å². The first-order valence-corrected chi connectivity index (χ1v) is 12.2. The van der Waals surface area contributed by atoms with Gasteiger partial charge in [-0.1, -0.05) is 109 Å². The summed E-state index contributed by atoms with van der Waals surface area (Å²) >= 11 is 0. The van der Waals surface area contributed by atoms with Crippen LogP contribution in [0.5, 0.6) is 0 Å². The molecule has 0 aliphatic heterocycles. The van der Waals surface area contributed by atoms with Crippen LogP contribution < -0.4 is 0 Å². The molecule has 0 bridgehead atoms. The van der Waals surface area contributed by atoms with Gasteiger partial charge in [0.1, 0.15) is 11.1 Å². The smallest absolute Gasteiger partial charge is 0.132 e. The molecule has 0 fully saturated rings. The second kappa shape index (κ2) is 8.37. The molecule has 0 amide bonds. The van der Waals surface area contributed by atoms with Crippen LogP contribution >= 0.6 is 0 Å². The molecule has 1 aromatic heterocycles. The number of benzene rings is 4. The first-order valence-electron chi connectivity index (χ1n) is 12.2. The zero-order valence-corrected chi connectivity index (χ0v) is 19.8. The molecule has 0 saturated carbocycles. The van der Waals surface area contributed by atoms with Crippen molar-refractivity contribution in [3.05, 3.63) is 161 Å². The van der Waals surface area contributed by atoms with Crippen LogP contribution in [-0.4, -0.2) is 14.7 Å². The molecule has 1 atom stereocenters. The van der Waals surface area contributed by atoms with Crippen molar-refractivity contribution < 1.29 is 5.11 Å². The Morgan fingerprint density at radius 1 is 0.743 bits per heavy atom. The Morgan fingerprint density at radius 3 is 1.83 bits per heavy atom. The summed E-state index contributed by atoms with van der Waals surface area (Å²) in [7, 11) is 0. The monoisotopic (exact) mass is 456 g/mol. The van der Waals surface area contributed by atoms with Crippen molar-refractivity contribution in [3.63, 3.8) is 0 Å². The van der Waals surface area contributed by atoms with E-state index in [0.29, 0.717) is 6.42 Å². The van der Waals surface area contributed by atoms with Crippen LogP contribution in [0.1, 0.15) is 45.5 Å². The molecule has 0 spiro atoms. The standard InChI is InChI=1S/C32H28N2O/c1-24-12-11-19-29-28(24)20-21-31(29,35)30-22-33-23-34(30)32(25-13-5-2-6-14-25,26-15-7-3-8-16-26)27-17-9-4-10-18-27/h2-19,22-23,35H,20-21H2,1H3. The van der Waals surface area contributed by atoms with Crippen molar-refractivity contribution in [3.8, 4) is 0 Å². The molecule has 5 aromatic rings. The topological polar surface area (TPSA) is 38.1 Å². The van der Waals surface area contributed by atoms with Crippen LogP contribution in [0.15, 0.2) is 122 Å². The SMILES string of the molecule is Cc1cccc2c1CCC2(O)c1cncn1C(c1ccccc1)(c1ccccc1)c1ccccc1. The number of imidazole rings is 1. The molecule has 1 heterocycles. The number of rotatable bonds is 5. The number of aliphatic hydroxyl groups is 1. The van der Waals surface area contributed by atoms with E-state index in [1.165, 1.54) is 11.1 Å². The predicted molar refractivity (Wildman–Crippen MR) is 139 cm³/mol. The summed E-state index contributed by atoms with van der Waals surface area (Å²) < 4.78 is 2.20. The zero-order chi connectivity index (χ0) is 23.9. The number of aromatic nitrogens is 2. The van der Waals surface area contributed by atoms with Crippen molar-refractivity contribution in [2.24, 2.45) is 0 Å². The first-order chi connectivity index (χ1) is 17.2. The lowest BCUT2D eigenvalue weighted by molar-refractivity contribution is 0.0719. The van der Waals surface area contributed by atoms with Gasteiger partial charge in [-0.05, 0) is 53.1 Å². The predicted octanol–water partition coefficient (Wildman–Crippen LogP) is 6.21. The molecule has 1 unspecified atom stereocenters. The maximum atomic E-state index is 12.4. The number of fused-ring (bicyclic) bond motifs is 1. The molecule has 0 radical (unpaired) electrons. The molecule has 35 heavy (non-hydrogen) atoms. The highest BCUT2D eigenvalue weighted by atomic mass is 16.3. The second-order valence-electron chi connectivity index (χ2n) is 9.42. The minimum Gasteiger partial charge on any atom is -0.379 e.